The van der Waals surface area contributed by atoms with Gasteiger partial charge in [0.2, 0.25) is 5.91 Å². The maximum absolute atomic E-state index is 11.0. The highest BCUT2D eigenvalue weighted by atomic mass is 16.1. The van der Waals surface area contributed by atoms with Crippen molar-refractivity contribution in [2.24, 2.45) is 0 Å². The summed E-state index contributed by atoms with van der Waals surface area (Å²) in [7, 11) is 0. The summed E-state index contributed by atoms with van der Waals surface area (Å²) in [4.78, 5) is 13.6. The Morgan fingerprint density at radius 1 is 1.24 bits per heavy atom. The smallest absolute Gasteiger partial charge is 0.221 e. The van der Waals surface area contributed by atoms with Crippen LogP contribution in [0.4, 0.5) is 5.69 Å². The first-order valence-electron chi connectivity index (χ1n) is 8.00. The lowest BCUT2D eigenvalue weighted by Gasteiger charge is -2.26. The number of benzene rings is 1. The Labute approximate surface area is 127 Å². The van der Waals surface area contributed by atoms with E-state index in [4.69, 9.17) is 0 Å². The molecule has 0 saturated carbocycles. The largest absolute Gasteiger partial charge is 0.326 e. The highest BCUT2D eigenvalue weighted by Gasteiger charge is 2.19. The van der Waals surface area contributed by atoms with Gasteiger partial charge in [0.1, 0.15) is 0 Å². The predicted molar refractivity (Wildman–Crippen MR) is 87.3 cm³/mol. The molecule has 1 aromatic rings. The fourth-order valence-electron chi connectivity index (χ4n) is 2.93. The van der Waals surface area contributed by atoms with Crippen LogP contribution >= 0.6 is 0 Å². The standard InChI is InChI=1S/C17H27N3O/c1-3-17(20-10-4-5-11-20)13-18-12-15-6-8-16(9-7-15)19-14(2)21/h6-9,17-18H,3-5,10-13H2,1-2H3,(H,19,21). The van der Waals surface area contributed by atoms with Gasteiger partial charge >= 0.3 is 0 Å². The van der Waals surface area contributed by atoms with Crippen LogP contribution in [0.5, 0.6) is 0 Å². The third-order valence-electron chi connectivity index (χ3n) is 4.11. The molecule has 1 fully saturated rings. The predicted octanol–water partition coefficient (Wildman–Crippen LogP) is 2.61. The van der Waals surface area contributed by atoms with E-state index in [1.54, 1.807) is 0 Å². The fourth-order valence-corrected chi connectivity index (χ4v) is 2.93. The molecule has 1 amide bonds. The Bertz CT molecular complexity index is 438. The van der Waals surface area contributed by atoms with Crippen LogP contribution in [-0.4, -0.2) is 36.5 Å². The molecule has 1 aromatic carbocycles. The van der Waals surface area contributed by atoms with Crippen LogP contribution in [-0.2, 0) is 11.3 Å². The zero-order valence-electron chi connectivity index (χ0n) is 13.2. The number of carbonyl (C=O) groups excluding carboxylic acids is 1. The molecule has 1 unspecified atom stereocenters. The van der Waals surface area contributed by atoms with E-state index >= 15 is 0 Å². The number of carbonyl (C=O) groups is 1. The van der Waals surface area contributed by atoms with Crippen LogP contribution in [0.1, 0.15) is 38.7 Å². The first kappa shape index (κ1) is 16.0. The normalized spacial score (nSPS) is 16.9. The minimum atomic E-state index is -0.0303. The average molecular weight is 289 g/mol. The lowest BCUT2D eigenvalue weighted by atomic mass is 10.1. The lowest BCUT2D eigenvalue weighted by Crippen LogP contribution is -2.40. The van der Waals surface area contributed by atoms with Crippen molar-refractivity contribution in [3.05, 3.63) is 29.8 Å². The van der Waals surface area contributed by atoms with Gasteiger partial charge in [-0.15, -0.1) is 0 Å². The van der Waals surface area contributed by atoms with Crippen LogP contribution < -0.4 is 10.6 Å². The van der Waals surface area contributed by atoms with Gasteiger partial charge in [-0.05, 0) is 50.0 Å². The fraction of sp³-hybridized carbons (Fsp3) is 0.588. The van der Waals surface area contributed by atoms with Crippen molar-refractivity contribution < 1.29 is 4.79 Å². The summed E-state index contributed by atoms with van der Waals surface area (Å²) in [6.07, 6.45) is 3.90. The second-order valence-electron chi connectivity index (χ2n) is 5.81. The topological polar surface area (TPSA) is 44.4 Å². The molecule has 2 rings (SSSR count). The van der Waals surface area contributed by atoms with E-state index in [1.807, 2.05) is 12.1 Å². The van der Waals surface area contributed by atoms with Gasteiger partial charge in [0.05, 0.1) is 0 Å². The van der Waals surface area contributed by atoms with Gasteiger partial charge in [0.15, 0.2) is 0 Å². The molecule has 2 N–H and O–H groups in total. The van der Waals surface area contributed by atoms with E-state index in [0.29, 0.717) is 6.04 Å². The van der Waals surface area contributed by atoms with Crippen LogP contribution in [0.25, 0.3) is 0 Å². The molecular formula is C17H27N3O. The lowest BCUT2D eigenvalue weighted by molar-refractivity contribution is -0.114. The molecule has 21 heavy (non-hydrogen) atoms. The molecule has 1 aliphatic heterocycles. The summed E-state index contributed by atoms with van der Waals surface area (Å²) < 4.78 is 0. The Balaban J connectivity index is 1.75. The maximum Gasteiger partial charge on any atom is 0.221 e. The molecule has 1 aliphatic rings. The number of rotatable bonds is 7. The second-order valence-corrected chi connectivity index (χ2v) is 5.81. The summed E-state index contributed by atoms with van der Waals surface area (Å²) in [6, 6.07) is 8.70. The molecule has 116 valence electrons. The monoisotopic (exact) mass is 289 g/mol. The Morgan fingerprint density at radius 2 is 1.90 bits per heavy atom. The quantitative estimate of drug-likeness (QED) is 0.811. The van der Waals surface area contributed by atoms with Gasteiger partial charge in [0.25, 0.3) is 0 Å². The highest BCUT2D eigenvalue weighted by molar-refractivity contribution is 5.88. The number of anilines is 1. The van der Waals surface area contributed by atoms with Gasteiger partial charge < -0.3 is 10.6 Å². The van der Waals surface area contributed by atoms with Gasteiger partial charge in [-0.2, -0.15) is 0 Å². The number of amides is 1. The Morgan fingerprint density at radius 3 is 2.48 bits per heavy atom. The van der Waals surface area contributed by atoms with Crippen LogP contribution in [0.2, 0.25) is 0 Å². The molecule has 1 atom stereocenters. The molecule has 0 radical (unpaired) electrons. The van der Waals surface area contributed by atoms with Gasteiger partial charge in [0, 0.05) is 31.7 Å². The highest BCUT2D eigenvalue weighted by Crippen LogP contribution is 2.14. The molecule has 1 heterocycles. The van der Waals surface area contributed by atoms with Crippen molar-refractivity contribution in [1.29, 1.82) is 0 Å². The van der Waals surface area contributed by atoms with Crippen molar-refractivity contribution >= 4 is 11.6 Å². The van der Waals surface area contributed by atoms with Crippen molar-refractivity contribution in [2.75, 3.05) is 25.0 Å². The minimum absolute atomic E-state index is 0.0303. The third-order valence-corrected chi connectivity index (χ3v) is 4.11. The Kier molecular flexibility index (Phi) is 6.21. The molecule has 4 heteroatoms. The van der Waals surface area contributed by atoms with Crippen LogP contribution in [0, 0.1) is 0 Å². The second kappa shape index (κ2) is 8.15. The zero-order chi connectivity index (χ0) is 15.1. The summed E-state index contributed by atoms with van der Waals surface area (Å²) >= 11 is 0. The van der Waals surface area contributed by atoms with Crippen molar-refractivity contribution in [3.63, 3.8) is 0 Å². The van der Waals surface area contributed by atoms with E-state index < -0.39 is 0 Å². The van der Waals surface area contributed by atoms with Crippen LogP contribution in [0.15, 0.2) is 24.3 Å². The molecule has 0 bridgehead atoms. The average Bonchev–Trinajstić information content (AvgIpc) is 2.99. The third kappa shape index (κ3) is 5.14. The zero-order valence-corrected chi connectivity index (χ0v) is 13.2. The number of nitrogens with zero attached hydrogens (tertiary/aromatic N) is 1. The summed E-state index contributed by atoms with van der Waals surface area (Å²) in [5, 5.41) is 6.35. The summed E-state index contributed by atoms with van der Waals surface area (Å²) in [5.41, 5.74) is 2.11. The van der Waals surface area contributed by atoms with Crippen LogP contribution in [0.3, 0.4) is 0 Å². The van der Waals surface area contributed by atoms with Crippen molar-refractivity contribution in [3.8, 4) is 0 Å². The molecular weight excluding hydrogens is 262 g/mol. The molecule has 0 spiro atoms. The van der Waals surface area contributed by atoms with E-state index in [0.717, 1.165) is 18.8 Å². The SMILES string of the molecule is CCC(CNCc1ccc(NC(C)=O)cc1)N1CCCC1. The number of hydrogen-bond donors (Lipinski definition) is 2. The number of nitrogens with one attached hydrogen (secondary N) is 2. The first-order valence-corrected chi connectivity index (χ1v) is 8.00. The van der Waals surface area contributed by atoms with E-state index in [-0.39, 0.29) is 5.91 Å². The Hall–Kier alpha value is -1.39. The molecule has 1 saturated heterocycles. The van der Waals surface area contributed by atoms with Crippen molar-refractivity contribution in [2.45, 2.75) is 45.7 Å². The van der Waals surface area contributed by atoms with E-state index in [1.165, 1.54) is 44.8 Å². The van der Waals surface area contributed by atoms with E-state index in [9.17, 15) is 4.79 Å². The molecule has 0 aliphatic carbocycles. The van der Waals surface area contributed by atoms with Gasteiger partial charge in [-0.25, -0.2) is 0 Å². The van der Waals surface area contributed by atoms with Gasteiger partial charge in [-0.1, -0.05) is 19.1 Å². The minimum Gasteiger partial charge on any atom is -0.326 e. The molecule has 0 aromatic heterocycles. The van der Waals surface area contributed by atoms with Gasteiger partial charge in [-0.3, -0.25) is 9.69 Å². The first-order chi connectivity index (χ1) is 10.2. The number of hydrogen-bond acceptors (Lipinski definition) is 3. The summed E-state index contributed by atoms with van der Waals surface area (Å²) in [6.45, 7) is 8.23. The molecule has 4 nitrogen and oxygen atoms in total. The van der Waals surface area contributed by atoms with Crippen molar-refractivity contribution in [1.82, 2.24) is 10.2 Å². The maximum atomic E-state index is 11.0. The number of likely N-dealkylation sites (tertiary alicyclic amines) is 1. The summed E-state index contributed by atoms with van der Waals surface area (Å²) in [5.74, 6) is -0.0303. The van der Waals surface area contributed by atoms with E-state index in [2.05, 4.69) is 34.6 Å².